The van der Waals surface area contributed by atoms with Gasteiger partial charge in [0.2, 0.25) is 0 Å². The van der Waals surface area contributed by atoms with Gasteiger partial charge in [0, 0.05) is 19.1 Å². The summed E-state index contributed by atoms with van der Waals surface area (Å²) >= 11 is 5.88. The number of oxazole rings is 1. The minimum atomic E-state index is -0.895. The summed E-state index contributed by atoms with van der Waals surface area (Å²) in [5.41, 5.74) is 2.67. The maximum atomic E-state index is 13.9. The zero-order chi connectivity index (χ0) is 28.9. The van der Waals surface area contributed by atoms with E-state index in [0.717, 1.165) is 11.1 Å². The van der Waals surface area contributed by atoms with E-state index in [1.54, 1.807) is 13.4 Å². The van der Waals surface area contributed by atoms with Crippen molar-refractivity contribution in [2.24, 2.45) is 0 Å². The van der Waals surface area contributed by atoms with Crippen molar-refractivity contribution in [3.05, 3.63) is 89.6 Å². The molecule has 2 aromatic carbocycles. The highest BCUT2D eigenvalue weighted by molar-refractivity contribution is 6.16. The summed E-state index contributed by atoms with van der Waals surface area (Å²) in [4.78, 5) is 20.3. The van der Waals surface area contributed by atoms with Crippen LogP contribution in [0.3, 0.4) is 0 Å². The average molecular weight is 572 g/mol. The fourth-order valence-electron chi connectivity index (χ4n) is 4.58. The van der Waals surface area contributed by atoms with Crippen molar-refractivity contribution in [3.63, 3.8) is 0 Å². The molecule has 0 aliphatic carbocycles. The highest BCUT2D eigenvalue weighted by atomic mass is 35.5. The Morgan fingerprint density at radius 1 is 1.00 bits per heavy atom. The van der Waals surface area contributed by atoms with Crippen molar-refractivity contribution in [1.29, 1.82) is 0 Å². The first-order valence-corrected chi connectivity index (χ1v) is 14.1. The van der Waals surface area contributed by atoms with E-state index in [1.165, 1.54) is 0 Å². The molecular weight excluding hydrogens is 530 g/mol. The number of likely N-dealkylation sites (N-methyl/N-ethyl adjacent to an activating group) is 1. The number of carbonyl (C=O) groups is 1. The molecule has 0 spiro atoms. The molecule has 8 nitrogen and oxygen atoms in total. The summed E-state index contributed by atoms with van der Waals surface area (Å²) in [6.45, 7) is 4.94. The van der Waals surface area contributed by atoms with Crippen molar-refractivity contribution in [2.45, 2.75) is 69.6 Å². The van der Waals surface area contributed by atoms with E-state index >= 15 is 0 Å². The van der Waals surface area contributed by atoms with Gasteiger partial charge in [0.15, 0.2) is 12.0 Å². The number of methoxy groups -OCH3 is 1. The number of nitrogens with one attached hydrogen (secondary N) is 1. The summed E-state index contributed by atoms with van der Waals surface area (Å²) in [7, 11) is 5.54. The third-order valence-corrected chi connectivity index (χ3v) is 6.99. The standard InChI is InChI=1S/C31H42ClN3O5/c1-22(31-34-26(17-32)20-40-31)16-23(2)33-30(36)29(39-19-25-14-10-7-11-15-25)28(27(21-37-5)35(3)4)38-18-24-12-8-6-9-13-24/h6-15,20,22-23,27-29H,16-19,21H2,1-5H3,(H,33,36)/t22-,23+,27-,28-,29-/m0/s1. The van der Waals surface area contributed by atoms with Crippen LogP contribution in [-0.2, 0) is 38.1 Å². The van der Waals surface area contributed by atoms with E-state index in [2.05, 4.69) is 10.3 Å². The van der Waals surface area contributed by atoms with Crippen LogP contribution in [0, 0.1) is 0 Å². The zero-order valence-electron chi connectivity index (χ0n) is 24.1. The number of ether oxygens (including phenoxy) is 3. The summed E-state index contributed by atoms with van der Waals surface area (Å²) in [6, 6.07) is 19.3. The van der Waals surface area contributed by atoms with Crippen LogP contribution in [0.25, 0.3) is 0 Å². The molecule has 1 N–H and O–H groups in total. The Hall–Kier alpha value is -2.75. The molecule has 3 aromatic rings. The fourth-order valence-corrected chi connectivity index (χ4v) is 4.70. The molecule has 0 radical (unpaired) electrons. The molecule has 0 bridgehead atoms. The molecule has 0 aliphatic heterocycles. The molecule has 0 unspecified atom stereocenters. The van der Waals surface area contributed by atoms with Gasteiger partial charge in [-0.3, -0.25) is 4.79 Å². The minimum absolute atomic E-state index is 0.0101. The second-order valence-corrected chi connectivity index (χ2v) is 10.6. The molecule has 0 saturated carbocycles. The largest absolute Gasteiger partial charge is 0.448 e. The summed E-state index contributed by atoms with van der Waals surface area (Å²) < 4.78 is 24.0. The van der Waals surface area contributed by atoms with Crippen molar-refractivity contribution >= 4 is 17.5 Å². The maximum Gasteiger partial charge on any atom is 0.252 e. The van der Waals surface area contributed by atoms with Crippen molar-refractivity contribution in [2.75, 3.05) is 27.8 Å². The van der Waals surface area contributed by atoms with Crippen molar-refractivity contribution in [1.82, 2.24) is 15.2 Å². The SMILES string of the molecule is COC[C@@H]([C@H](OCc1ccccc1)[C@H](OCc1ccccc1)C(=O)N[C@H](C)C[C@H](C)c1nc(CCl)co1)N(C)C. The predicted octanol–water partition coefficient (Wildman–Crippen LogP) is 5.16. The molecule has 1 heterocycles. The first-order chi connectivity index (χ1) is 19.3. The second kappa shape index (κ2) is 16.5. The van der Waals surface area contributed by atoms with E-state index in [9.17, 15) is 4.79 Å². The number of benzene rings is 2. The zero-order valence-corrected chi connectivity index (χ0v) is 24.8. The first-order valence-electron chi connectivity index (χ1n) is 13.6. The number of carbonyl (C=O) groups excluding carboxylic acids is 1. The van der Waals surface area contributed by atoms with E-state index in [0.29, 0.717) is 37.1 Å². The average Bonchev–Trinajstić information content (AvgIpc) is 3.44. The van der Waals surface area contributed by atoms with Crippen LogP contribution in [-0.4, -0.2) is 67.9 Å². The second-order valence-electron chi connectivity index (χ2n) is 10.3. The lowest BCUT2D eigenvalue weighted by Gasteiger charge is -2.36. The van der Waals surface area contributed by atoms with Crippen molar-refractivity contribution < 1.29 is 23.4 Å². The number of amides is 1. The van der Waals surface area contributed by atoms with Crippen LogP contribution in [0.2, 0.25) is 0 Å². The summed E-state index contributed by atoms with van der Waals surface area (Å²) in [5, 5.41) is 3.15. The highest BCUT2D eigenvalue weighted by Gasteiger charge is 2.38. The van der Waals surface area contributed by atoms with Gasteiger partial charge in [-0.05, 0) is 38.6 Å². The Labute approximate surface area is 243 Å². The van der Waals surface area contributed by atoms with Crippen LogP contribution < -0.4 is 5.32 Å². The van der Waals surface area contributed by atoms with E-state index < -0.39 is 12.2 Å². The van der Waals surface area contributed by atoms with Gasteiger partial charge in [0.25, 0.3) is 5.91 Å². The smallest absolute Gasteiger partial charge is 0.252 e. The molecule has 0 aliphatic rings. The Kier molecular flexibility index (Phi) is 13.1. The minimum Gasteiger partial charge on any atom is -0.448 e. The number of alkyl halides is 1. The van der Waals surface area contributed by atoms with E-state index in [-0.39, 0.29) is 30.5 Å². The number of nitrogens with zero attached hydrogens (tertiary/aromatic N) is 2. The van der Waals surface area contributed by atoms with Gasteiger partial charge >= 0.3 is 0 Å². The van der Waals surface area contributed by atoms with Gasteiger partial charge in [-0.2, -0.15) is 0 Å². The fraction of sp³-hybridized carbons (Fsp3) is 0.484. The quantitative estimate of drug-likeness (QED) is 0.224. The third-order valence-electron chi connectivity index (χ3n) is 6.72. The molecule has 218 valence electrons. The third kappa shape index (κ3) is 9.71. The lowest BCUT2D eigenvalue weighted by atomic mass is 10.0. The lowest BCUT2D eigenvalue weighted by molar-refractivity contribution is -0.157. The van der Waals surface area contributed by atoms with Crippen LogP contribution in [0.4, 0.5) is 0 Å². The number of hydrogen-bond acceptors (Lipinski definition) is 7. The lowest BCUT2D eigenvalue weighted by Crippen LogP contribution is -2.56. The molecule has 1 aromatic heterocycles. The van der Waals surface area contributed by atoms with Gasteiger partial charge in [0.1, 0.15) is 12.4 Å². The van der Waals surface area contributed by atoms with E-state index in [1.807, 2.05) is 93.5 Å². The Balaban J connectivity index is 1.82. The summed E-state index contributed by atoms with van der Waals surface area (Å²) in [6.07, 6.45) is 0.696. The molecule has 1 amide bonds. The predicted molar refractivity (Wildman–Crippen MR) is 156 cm³/mol. The first kappa shape index (κ1) is 31.8. The molecule has 40 heavy (non-hydrogen) atoms. The van der Waals surface area contributed by atoms with Crippen LogP contribution in [0.1, 0.15) is 48.9 Å². The highest BCUT2D eigenvalue weighted by Crippen LogP contribution is 2.22. The van der Waals surface area contributed by atoms with Crippen LogP contribution in [0.15, 0.2) is 71.3 Å². The Bertz CT molecular complexity index is 1130. The molecule has 5 atom stereocenters. The van der Waals surface area contributed by atoms with Gasteiger partial charge in [-0.25, -0.2) is 4.98 Å². The molecular formula is C31H42ClN3O5. The number of rotatable bonds is 17. The normalized spacial score (nSPS) is 15.4. The maximum absolute atomic E-state index is 13.9. The van der Waals surface area contributed by atoms with Crippen LogP contribution in [0.5, 0.6) is 0 Å². The van der Waals surface area contributed by atoms with Crippen LogP contribution >= 0.6 is 11.6 Å². The van der Waals surface area contributed by atoms with E-state index in [4.69, 9.17) is 30.2 Å². The number of aromatic nitrogens is 1. The topological polar surface area (TPSA) is 86.1 Å². The van der Waals surface area contributed by atoms with Gasteiger partial charge < -0.3 is 28.8 Å². The van der Waals surface area contributed by atoms with Gasteiger partial charge in [-0.15, -0.1) is 11.6 Å². The van der Waals surface area contributed by atoms with Gasteiger partial charge in [-0.1, -0.05) is 67.6 Å². The molecule has 0 saturated heterocycles. The van der Waals surface area contributed by atoms with Crippen molar-refractivity contribution in [3.8, 4) is 0 Å². The van der Waals surface area contributed by atoms with Gasteiger partial charge in [0.05, 0.1) is 37.4 Å². The Morgan fingerprint density at radius 3 is 2.12 bits per heavy atom. The molecule has 9 heteroatoms. The molecule has 0 fully saturated rings. The number of halogens is 1. The molecule has 3 rings (SSSR count). The Morgan fingerprint density at radius 2 is 1.60 bits per heavy atom. The summed E-state index contributed by atoms with van der Waals surface area (Å²) in [5.74, 6) is 0.641. The number of hydrogen-bond donors (Lipinski definition) is 1. The monoisotopic (exact) mass is 571 g/mol.